The average Bonchev–Trinajstić information content (AvgIpc) is 2.80. The van der Waals surface area contributed by atoms with Crippen LogP contribution in [0.1, 0.15) is 30.5 Å². The first-order valence-electron chi connectivity index (χ1n) is 11.1. The highest BCUT2D eigenvalue weighted by Crippen LogP contribution is 2.32. The van der Waals surface area contributed by atoms with E-state index in [4.69, 9.17) is 4.74 Å². The molecule has 0 saturated carbocycles. The molecule has 0 bridgehead atoms. The molecule has 1 aliphatic heterocycles. The maximum absolute atomic E-state index is 12.9. The molecule has 178 valence electrons. The summed E-state index contributed by atoms with van der Waals surface area (Å²) < 4.78 is 17.7. The molecular weight excluding hydrogens is 439 g/mol. The zero-order chi connectivity index (χ0) is 24.2. The van der Waals surface area contributed by atoms with Gasteiger partial charge in [0, 0.05) is 36.0 Å². The van der Waals surface area contributed by atoms with Gasteiger partial charge in [-0.2, -0.15) is 0 Å². The summed E-state index contributed by atoms with van der Waals surface area (Å²) in [6.45, 7) is 11.7. The van der Waals surface area contributed by atoms with Gasteiger partial charge in [-0.1, -0.05) is 30.0 Å². The maximum atomic E-state index is 12.9. The molecule has 1 fully saturated rings. The molecule has 2 aromatic rings. The Balaban J connectivity index is 0.000000245. The Morgan fingerprint density at radius 2 is 1.76 bits per heavy atom. The second-order valence-corrected chi connectivity index (χ2v) is 8.87. The lowest BCUT2D eigenvalue weighted by Gasteiger charge is -2.31. The topological polar surface area (TPSA) is 49.9 Å². The number of halogens is 1. The van der Waals surface area contributed by atoms with Gasteiger partial charge < -0.3 is 9.64 Å². The molecule has 1 aliphatic rings. The van der Waals surface area contributed by atoms with Crippen LogP contribution in [-0.2, 0) is 14.3 Å². The first-order valence-corrected chi connectivity index (χ1v) is 11.9. The Hall–Kier alpha value is -2.64. The SMILES string of the molecule is C/C=C/c1cc(C)c(Sc2ccc(F)cc2)cc1C.CCOC(=O)CN1CCN(C=O)CC1. The van der Waals surface area contributed by atoms with Crippen molar-refractivity contribution in [2.24, 2.45) is 0 Å². The van der Waals surface area contributed by atoms with Gasteiger partial charge in [0.25, 0.3) is 0 Å². The summed E-state index contributed by atoms with van der Waals surface area (Å²) in [7, 11) is 0. The largest absolute Gasteiger partial charge is 0.465 e. The van der Waals surface area contributed by atoms with Crippen molar-refractivity contribution in [3.63, 3.8) is 0 Å². The smallest absolute Gasteiger partial charge is 0.320 e. The van der Waals surface area contributed by atoms with E-state index in [0.717, 1.165) is 24.4 Å². The number of nitrogens with zero attached hydrogens (tertiary/aromatic N) is 2. The van der Waals surface area contributed by atoms with Gasteiger partial charge in [0.15, 0.2) is 0 Å². The Morgan fingerprint density at radius 3 is 2.33 bits per heavy atom. The minimum Gasteiger partial charge on any atom is -0.465 e. The quantitative estimate of drug-likeness (QED) is 0.422. The first-order chi connectivity index (χ1) is 15.9. The van der Waals surface area contributed by atoms with E-state index in [2.05, 4.69) is 38.1 Å². The number of hydrogen-bond acceptors (Lipinski definition) is 5. The van der Waals surface area contributed by atoms with Gasteiger partial charge in [-0.05, 0) is 74.7 Å². The molecule has 1 amide bonds. The molecule has 0 radical (unpaired) electrons. The van der Waals surface area contributed by atoms with Crippen molar-refractivity contribution in [3.05, 3.63) is 65.0 Å². The minimum atomic E-state index is -0.194. The van der Waals surface area contributed by atoms with Crippen LogP contribution < -0.4 is 0 Å². The zero-order valence-corrected chi connectivity index (χ0v) is 20.7. The fourth-order valence-electron chi connectivity index (χ4n) is 3.33. The minimum absolute atomic E-state index is 0.188. The van der Waals surface area contributed by atoms with Crippen molar-refractivity contribution < 1.29 is 18.7 Å². The Kier molecular flexibility index (Phi) is 11.1. The van der Waals surface area contributed by atoms with E-state index in [1.807, 2.05) is 24.0 Å². The van der Waals surface area contributed by atoms with Gasteiger partial charge in [0.1, 0.15) is 5.82 Å². The summed E-state index contributed by atoms with van der Waals surface area (Å²) in [5.74, 6) is -0.382. The molecule has 0 atom stereocenters. The summed E-state index contributed by atoms with van der Waals surface area (Å²) in [5, 5.41) is 0. The normalized spacial score (nSPS) is 14.0. The third-order valence-electron chi connectivity index (χ3n) is 5.17. The standard InChI is InChI=1S/C17H17FS.C9H16N2O3/c1-4-5-14-10-13(3)17(11-12(14)2)19-16-8-6-15(18)7-9-16;1-2-14-9(13)7-10-3-5-11(8-12)6-4-10/h4-11H,1-3H3;8H,2-7H2,1H3/b5-4+;. The van der Waals surface area contributed by atoms with Crippen LogP contribution in [0.15, 0.2) is 52.3 Å². The van der Waals surface area contributed by atoms with Gasteiger partial charge in [-0.25, -0.2) is 4.39 Å². The van der Waals surface area contributed by atoms with Crippen LogP contribution in [0.2, 0.25) is 0 Å². The monoisotopic (exact) mass is 472 g/mol. The van der Waals surface area contributed by atoms with Crippen LogP contribution >= 0.6 is 11.8 Å². The van der Waals surface area contributed by atoms with Gasteiger partial charge in [0.05, 0.1) is 13.2 Å². The molecule has 5 nitrogen and oxygen atoms in total. The fourth-order valence-corrected chi connectivity index (χ4v) is 4.31. The first kappa shape index (κ1) is 26.6. The van der Waals surface area contributed by atoms with Crippen LogP contribution in [0.4, 0.5) is 4.39 Å². The number of esters is 1. The second-order valence-electron chi connectivity index (χ2n) is 7.75. The highest BCUT2D eigenvalue weighted by atomic mass is 32.2. The fraction of sp³-hybridized carbons (Fsp3) is 0.385. The number of carbonyl (C=O) groups is 2. The number of allylic oxidation sites excluding steroid dienone is 1. The summed E-state index contributed by atoms with van der Waals surface area (Å²) in [6.07, 6.45) is 5.02. The second kappa shape index (κ2) is 13.8. The summed E-state index contributed by atoms with van der Waals surface area (Å²) in [5.41, 5.74) is 3.75. The number of carbonyl (C=O) groups excluding carboxylic acids is 2. The van der Waals surface area contributed by atoms with Crippen LogP contribution in [0.5, 0.6) is 0 Å². The molecule has 3 rings (SSSR count). The molecule has 0 aliphatic carbocycles. The number of benzene rings is 2. The summed E-state index contributed by atoms with van der Waals surface area (Å²) in [4.78, 5) is 27.5. The van der Waals surface area contributed by atoms with Crippen molar-refractivity contribution in [2.75, 3.05) is 39.3 Å². The van der Waals surface area contributed by atoms with Gasteiger partial charge in [0.2, 0.25) is 6.41 Å². The van der Waals surface area contributed by atoms with Gasteiger partial charge in [-0.3, -0.25) is 14.5 Å². The molecule has 0 unspecified atom stereocenters. The number of piperazine rings is 1. The lowest BCUT2D eigenvalue weighted by atomic mass is 10.1. The number of ether oxygens (including phenoxy) is 1. The maximum Gasteiger partial charge on any atom is 0.320 e. The van der Waals surface area contributed by atoms with E-state index >= 15 is 0 Å². The number of amides is 1. The van der Waals surface area contributed by atoms with Crippen molar-refractivity contribution in [3.8, 4) is 0 Å². The number of hydrogen-bond donors (Lipinski definition) is 0. The van der Waals surface area contributed by atoms with Gasteiger partial charge >= 0.3 is 5.97 Å². The molecule has 33 heavy (non-hydrogen) atoms. The van der Waals surface area contributed by atoms with Crippen LogP contribution in [-0.4, -0.2) is 61.5 Å². The van der Waals surface area contributed by atoms with Crippen molar-refractivity contribution in [2.45, 2.75) is 37.5 Å². The molecule has 1 saturated heterocycles. The zero-order valence-electron chi connectivity index (χ0n) is 19.8. The summed E-state index contributed by atoms with van der Waals surface area (Å²) in [6, 6.07) is 11.0. The van der Waals surface area contributed by atoms with Crippen molar-refractivity contribution >= 4 is 30.2 Å². The van der Waals surface area contributed by atoms with E-state index < -0.39 is 0 Å². The van der Waals surface area contributed by atoms with Crippen LogP contribution in [0.25, 0.3) is 6.08 Å². The third kappa shape index (κ3) is 9.02. The molecule has 7 heteroatoms. The Bertz CT molecular complexity index is 939. The van der Waals surface area contributed by atoms with E-state index in [-0.39, 0.29) is 11.8 Å². The Labute approximate surface area is 200 Å². The average molecular weight is 473 g/mol. The molecular formula is C26H33FN2O3S. The van der Waals surface area contributed by atoms with Crippen molar-refractivity contribution in [1.82, 2.24) is 9.80 Å². The van der Waals surface area contributed by atoms with Gasteiger partial charge in [-0.15, -0.1) is 0 Å². The summed E-state index contributed by atoms with van der Waals surface area (Å²) >= 11 is 1.67. The van der Waals surface area contributed by atoms with E-state index in [9.17, 15) is 14.0 Å². The predicted molar refractivity (Wildman–Crippen MR) is 132 cm³/mol. The van der Waals surface area contributed by atoms with E-state index in [1.165, 1.54) is 33.7 Å². The molecule has 1 heterocycles. The molecule has 0 aromatic heterocycles. The van der Waals surface area contributed by atoms with E-state index in [0.29, 0.717) is 26.2 Å². The Morgan fingerprint density at radius 1 is 1.09 bits per heavy atom. The predicted octanol–water partition coefficient (Wildman–Crippen LogP) is 4.95. The van der Waals surface area contributed by atoms with E-state index in [1.54, 1.807) is 23.6 Å². The number of rotatable bonds is 7. The molecule has 0 N–H and O–H groups in total. The highest BCUT2D eigenvalue weighted by Gasteiger charge is 2.17. The lowest BCUT2D eigenvalue weighted by Crippen LogP contribution is -2.47. The third-order valence-corrected chi connectivity index (χ3v) is 6.33. The van der Waals surface area contributed by atoms with Crippen molar-refractivity contribution in [1.29, 1.82) is 0 Å². The number of aryl methyl sites for hydroxylation is 2. The van der Waals surface area contributed by atoms with Crippen LogP contribution in [0.3, 0.4) is 0 Å². The molecule has 0 spiro atoms. The van der Waals surface area contributed by atoms with Crippen LogP contribution in [0, 0.1) is 19.7 Å². The highest BCUT2D eigenvalue weighted by molar-refractivity contribution is 7.99. The molecule has 2 aromatic carbocycles. The lowest BCUT2D eigenvalue weighted by molar-refractivity contribution is -0.144.